The molecule has 1 aromatic rings. The number of allylic oxidation sites excluding steroid dienone is 2. The first-order valence-electron chi connectivity index (χ1n) is 13.4. The van der Waals surface area contributed by atoms with Gasteiger partial charge in [-0.15, -0.1) is 13.2 Å². The van der Waals surface area contributed by atoms with Crippen LogP contribution >= 0.6 is 0 Å². The normalized spacial score (nSPS) is 27.1. The van der Waals surface area contributed by atoms with Crippen LogP contribution in [0.3, 0.4) is 0 Å². The maximum absolute atomic E-state index is 12.8. The molecule has 1 aromatic heterocycles. The van der Waals surface area contributed by atoms with Gasteiger partial charge in [0.1, 0.15) is 23.2 Å². The quantitative estimate of drug-likeness (QED) is 0.297. The van der Waals surface area contributed by atoms with E-state index in [1.165, 1.54) is 31.5 Å². The molecule has 0 radical (unpaired) electrons. The minimum absolute atomic E-state index is 0.0394. The van der Waals surface area contributed by atoms with Crippen LogP contribution in [0.1, 0.15) is 63.9 Å². The maximum Gasteiger partial charge on any atom is 0.573 e. The summed E-state index contributed by atoms with van der Waals surface area (Å²) in [6.07, 6.45) is 7.45. The summed E-state index contributed by atoms with van der Waals surface area (Å²) in [5, 5.41) is 28.8. The minimum atomic E-state index is -4.76. The molecular weight excluding hydrogens is 497 g/mol. The van der Waals surface area contributed by atoms with Crippen molar-refractivity contribution >= 4 is 11.8 Å². The molecule has 38 heavy (non-hydrogen) atoms. The number of halogens is 3. The van der Waals surface area contributed by atoms with E-state index in [1.54, 1.807) is 6.08 Å². The zero-order valence-corrected chi connectivity index (χ0v) is 21.8. The Hall–Kier alpha value is -2.84. The first-order valence-corrected chi connectivity index (χ1v) is 13.4. The van der Waals surface area contributed by atoms with Gasteiger partial charge >= 0.3 is 6.36 Å². The molecule has 208 valence electrons. The molecule has 1 heterocycles. The highest BCUT2D eigenvalue weighted by atomic mass is 19.4. The number of nitriles is 1. The van der Waals surface area contributed by atoms with E-state index >= 15 is 0 Å². The highest BCUT2D eigenvalue weighted by Gasteiger charge is 2.45. The highest BCUT2D eigenvalue weighted by molar-refractivity contribution is 5.54. The van der Waals surface area contributed by atoms with Crippen molar-refractivity contribution in [2.45, 2.75) is 70.7 Å². The molecule has 2 bridgehead atoms. The third kappa shape index (κ3) is 7.38. The second kappa shape index (κ2) is 12.3. The van der Waals surface area contributed by atoms with Crippen LogP contribution in [0.15, 0.2) is 29.7 Å². The maximum atomic E-state index is 12.8. The lowest BCUT2D eigenvalue weighted by Crippen LogP contribution is -2.53. The largest absolute Gasteiger partial charge is 0.573 e. The Kier molecular flexibility index (Phi) is 9.15. The van der Waals surface area contributed by atoms with Crippen LogP contribution in [0.5, 0.6) is 0 Å². The number of anilines is 2. The van der Waals surface area contributed by atoms with Crippen molar-refractivity contribution in [1.82, 2.24) is 15.3 Å². The SMILES string of the molecule is CC1(CNc2nc(NCC3=CCCC=C3OC(F)(F)F)ncc2C#N)C[C@H]2CCC[C@@H](C1)C2NCCCO. The van der Waals surface area contributed by atoms with Crippen LogP contribution in [0.25, 0.3) is 0 Å². The average molecular weight is 535 g/mol. The summed E-state index contributed by atoms with van der Waals surface area (Å²) in [5.41, 5.74) is 0.744. The Morgan fingerprint density at radius 3 is 2.61 bits per heavy atom. The van der Waals surface area contributed by atoms with Gasteiger partial charge in [0.15, 0.2) is 0 Å². The first-order chi connectivity index (χ1) is 18.2. The van der Waals surface area contributed by atoms with Gasteiger partial charge in [0, 0.05) is 31.3 Å². The number of fused-ring (bicyclic) bond motifs is 2. The van der Waals surface area contributed by atoms with Crippen LogP contribution < -0.4 is 16.0 Å². The van der Waals surface area contributed by atoms with Gasteiger partial charge in [0.25, 0.3) is 0 Å². The topological polar surface area (TPSA) is 115 Å². The molecule has 0 aromatic carbocycles. The Morgan fingerprint density at radius 1 is 1.18 bits per heavy atom. The number of ether oxygens (including phenoxy) is 1. The molecule has 4 rings (SSSR count). The lowest BCUT2D eigenvalue weighted by molar-refractivity contribution is -0.304. The number of rotatable bonds is 11. The van der Waals surface area contributed by atoms with E-state index < -0.39 is 6.36 Å². The summed E-state index contributed by atoms with van der Waals surface area (Å²) in [7, 11) is 0. The Bertz CT molecular complexity index is 1050. The lowest BCUT2D eigenvalue weighted by atomic mass is 9.59. The zero-order valence-electron chi connectivity index (χ0n) is 21.8. The number of nitrogens with zero attached hydrogens (tertiary/aromatic N) is 3. The number of hydrogen-bond acceptors (Lipinski definition) is 8. The number of aromatic nitrogens is 2. The van der Waals surface area contributed by atoms with Crippen molar-refractivity contribution in [3.05, 3.63) is 35.2 Å². The van der Waals surface area contributed by atoms with E-state index in [2.05, 4.69) is 43.6 Å². The van der Waals surface area contributed by atoms with Crippen molar-refractivity contribution in [2.24, 2.45) is 17.3 Å². The summed E-state index contributed by atoms with van der Waals surface area (Å²) in [4.78, 5) is 8.66. The van der Waals surface area contributed by atoms with Crippen LogP contribution in [-0.4, -0.2) is 53.7 Å². The number of alkyl halides is 3. The van der Waals surface area contributed by atoms with Crippen molar-refractivity contribution in [1.29, 1.82) is 5.26 Å². The Labute approximate surface area is 221 Å². The average Bonchev–Trinajstić information content (AvgIpc) is 2.87. The molecule has 11 heteroatoms. The molecule has 0 spiro atoms. The lowest BCUT2D eigenvalue weighted by Gasteiger charge is -2.51. The molecule has 2 unspecified atom stereocenters. The molecule has 0 saturated heterocycles. The van der Waals surface area contributed by atoms with Gasteiger partial charge in [-0.05, 0) is 74.8 Å². The molecule has 3 aliphatic rings. The van der Waals surface area contributed by atoms with E-state index in [-0.39, 0.29) is 30.3 Å². The fourth-order valence-electron chi connectivity index (χ4n) is 6.27. The number of aliphatic hydroxyl groups excluding tert-OH is 1. The fraction of sp³-hybridized carbons (Fsp3) is 0.667. The number of nitrogens with one attached hydrogen (secondary N) is 3. The molecule has 3 aliphatic carbocycles. The van der Waals surface area contributed by atoms with Crippen molar-refractivity contribution in [2.75, 3.05) is 36.9 Å². The van der Waals surface area contributed by atoms with Gasteiger partial charge in [0.05, 0.1) is 6.20 Å². The van der Waals surface area contributed by atoms with E-state index in [1.807, 2.05) is 0 Å². The molecule has 2 fully saturated rings. The molecule has 0 aliphatic heterocycles. The minimum Gasteiger partial charge on any atom is -0.406 e. The van der Waals surface area contributed by atoms with Gasteiger partial charge in [-0.1, -0.05) is 19.4 Å². The summed E-state index contributed by atoms with van der Waals surface area (Å²) < 4.78 is 42.4. The van der Waals surface area contributed by atoms with Crippen LogP contribution in [-0.2, 0) is 4.74 Å². The predicted molar refractivity (Wildman–Crippen MR) is 138 cm³/mol. The van der Waals surface area contributed by atoms with Crippen LogP contribution in [0.4, 0.5) is 24.9 Å². The Balaban J connectivity index is 1.38. The predicted octanol–water partition coefficient (Wildman–Crippen LogP) is 4.87. The van der Waals surface area contributed by atoms with Crippen molar-refractivity contribution < 1.29 is 23.0 Å². The summed E-state index contributed by atoms with van der Waals surface area (Å²) in [6, 6.07) is 2.61. The van der Waals surface area contributed by atoms with Gasteiger partial charge in [-0.25, -0.2) is 4.98 Å². The van der Waals surface area contributed by atoms with Gasteiger partial charge < -0.3 is 25.8 Å². The van der Waals surface area contributed by atoms with E-state index in [9.17, 15) is 18.4 Å². The third-order valence-electron chi connectivity index (χ3n) is 7.85. The second-order valence-electron chi connectivity index (χ2n) is 10.9. The molecule has 4 atom stereocenters. The molecule has 0 amide bonds. The number of aliphatic hydroxyl groups is 1. The fourth-order valence-corrected chi connectivity index (χ4v) is 6.27. The van der Waals surface area contributed by atoms with Crippen molar-refractivity contribution in [3.8, 4) is 6.07 Å². The first kappa shape index (κ1) is 28.2. The van der Waals surface area contributed by atoms with Crippen LogP contribution in [0, 0.1) is 28.6 Å². The third-order valence-corrected chi connectivity index (χ3v) is 7.85. The van der Waals surface area contributed by atoms with Gasteiger partial charge in [-0.2, -0.15) is 10.2 Å². The summed E-state index contributed by atoms with van der Waals surface area (Å²) in [6.45, 7) is 4.04. The molecular formula is C27H37F3N6O2. The second-order valence-corrected chi connectivity index (χ2v) is 10.9. The van der Waals surface area contributed by atoms with Gasteiger partial charge in [0.2, 0.25) is 5.95 Å². The van der Waals surface area contributed by atoms with Crippen LogP contribution in [0.2, 0.25) is 0 Å². The summed E-state index contributed by atoms with van der Waals surface area (Å²) in [5.74, 6) is 1.60. The highest BCUT2D eigenvalue weighted by Crippen LogP contribution is 2.49. The van der Waals surface area contributed by atoms with E-state index in [0.29, 0.717) is 54.2 Å². The molecule has 8 nitrogen and oxygen atoms in total. The molecule has 2 saturated carbocycles. The summed E-state index contributed by atoms with van der Waals surface area (Å²) >= 11 is 0. The molecule has 4 N–H and O–H groups in total. The standard InChI is InChI=1S/C27H37F3N6O2/c1-26(12-18-7-4-8-19(13-26)23(18)32-10-5-11-37)17-35-24-21(14-31)16-34-25(36-24)33-15-20-6-2-3-9-22(20)38-27(28,29)30/h6,9,16,18-19,23,32,37H,2-5,7-8,10-13,15,17H2,1H3,(H2,33,34,35,36)/t18-,19+,23?,26?. The monoisotopic (exact) mass is 534 g/mol. The smallest absolute Gasteiger partial charge is 0.406 e. The van der Waals surface area contributed by atoms with Crippen molar-refractivity contribution in [3.63, 3.8) is 0 Å². The van der Waals surface area contributed by atoms with Gasteiger partial charge in [-0.3, -0.25) is 0 Å². The van der Waals surface area contributed by atoms with E-state index in [0.717, 1.165) is 25.8 Å². The number of hydrogen-bond donors (Lipinski definition) is 4. The zero-order chi connectivity index (χ0) is 27.2. The van der Waals surface area contributed by atoms with E-state index in [4.69, 9.17) is 5.11 Å². The Morgan fingerprint density at radius 2 is 1.92 bits per heavy atom.